The van der Waals surface area contributed by atoms with Gasteiger partial charge in [-0.05, 0) is 43.2 Å². The Kier molecular flexibility index (Phi) is 4.61. The van der Waals surface area contributed by atoms with E-state index in [1.807, 2.05) is 53.6 Å². The van der Waals surface area contributed by atoms with Crippen LogP contribution in [0.5, 0.6) is 11.5 Å². The molecule has 8 heteroatoms. The van der Waals surface area contributed by atoms with Crippen LogP contribution < -0.4 is 9.47 Å². The third kappa shape index (κ3) is 3.40. The number of benzene rings is 1. The standard InChI is InChI=1S/C24H24N4O4/c29-23(28-11-9-27(10-12-28)15-18-3-1-2-8-25-18)24(6-7-24)22-14-20(32-26-22)17-4-5-19-21(13-17)31-16-30-19/h1-5,8,13-14H,6-7,9-12,15-16H2. The molecule has 2 fully saturated rings. The van der Waals surface area contributed by atoms with Gasteiger partial charge >= 0.3 is 0 Å². The van der Waals surface area contributed by atoms with E-state index in [9.17, 15) is 4.79 Å². The average molecular weight is 432 g/mol. The van der Waals surface area contributed by atoms with Crippen LogP contribution in [0.3, 0.4) is 0 Å². The number of hydrogen-bond acceptors (Lipinski definition) is 7. The fourth-order valence-corrected chi connectivity index (χ4v) is 4.52. The average Bonchev–Trinajstić information content (AvgIpc) is 3.26. The van der Waals surface area contributed by atoms with Gasteiger partial charge in [-0.3, -0.25) is 14.7 Å². The summed E-state index contributed by atoms with van der Waals surface area (Å²) in [5.41, 5.74) is 2.11. The maximum absolute atomic E-state index is 13.4. The summed E-state index contributed by atoms with van der Waals surface area (Å²) in [6.07, 6.45) is 3.45. The second kappa shape index (κ2) is 7.63. The van der Waals surface area contributed by atoms with Crippen LogP contribution in [0.25, 0.3) is 11.3 Å². The predicted molar refractivity (Wildman–Crippen MR) is 115 cm³/mol. The molecule has 3 aromatic rings. The Labute approximate surface area is 185 Å². The molecule has 0 unspecified atom stereocenters. The number of amides is 1. The van der Waals surface area contributed by atoms with Crippen LogP contribution in [0.1, 0.15) is 24.2 Å². The molecule has 4 heterocycles. The molecule has 164 valence electrons. The first-order chi connectivity index (χ1) is 15.7. The van der Waals surface area contributed by atoms with Gasteiger partial charge in [0, 0.05) is 50.6 Å². The third-order valence-corrected chi connectivity index (χ3v) is 6.59. The van der Waals surface area contributed by atoms with Crippen molar-refractivity contribution in [2.75, 3.05) is 33.0 Å². The van der Waals surface area contributed by atoms with E-state index in [0.29, 0.717) is 11.5 Å². The first-order valence-corrected chi connectivity index (χ1v) is 11.0. The van der Waals surface area contributed by atoms with Crippen molar-refractivity contribution in [3.8, 4) is 22.8 Å². The van der Waals surface area contributed by atoms with Gasteiger partial charge in [0.05, 0.1) is 16.8 Å². The molecule has 1 amide bonds. The number of aromatic nitrogens is 2. The Morgan fingerprint density at radius 1 is 1.00 bits per heavy atom. The zero-order chi connectivity index (χ0) is 21.5. The first kappa shape index (κ1) is 19.3. The van der Waals surface area contributed by atoms with Crippen LogP contribution >= 0.6 is 0 Å². The van der Waals surface area contributed by atoms with E-state index in [2.05, 4.69) is 15.0 Å². The van der Waals surface area contributed by atoms with Crippen molar-refractivity contribution in [3.63, 3.8) is 0 Å². The Bertz CT molecular complexity index is 1130. The lowest BCUT2D eigenvalue weighted by Crippen LogP contribution is -2.51. The molecule has 1 saturated heterocycles. The number of fused-ring (bicyclic) bond motifs is 1. The molecule has 0 spiro atoms. The van der Waals surface area contributed by atoms with Crippen molar-refractivity contribution in [2.24, 2.45) is 0 Å². The minimum Gasteiger partial charge on any atom is -0.454 e. The van der Waals surface area contributed by atoms with Crippen molar-refractivity contribution in [2.45, 2.75) is 24.8 Å². The quantitative estimate of drug-likeness (QED) is 0.613. The number of hydrogen-bond donors (Lipinski definition) is 0. The maximum atomic E-state index is 13.4. The SMILES string of the molecule is O=C(N1CCN(Cc2ccccn2)CC1)C1(c2cc(-c3ccc4c(c3)OCO4)on2)CC1. The number of carbonyl (C=O) groups is 1. The highest BCUT2D eigenvalue weighted by molar-refractivity contribution is 5.91. The van der Waals surface area contributed by atoms with Crippen LogP contribution in [0.4, 0.5) is 0 Å². The minimum atomic E-state index is -0.540. The van der Waals surface area contributed by atoms with Crippen LogP contribution in [-0.2, 0) is 16.8 Å². The van der Waals surface area contributed by atoms with Crippen molar-refractivity contribution in [1.82, 2.24) is 19.9 Å². The third-order valence-electron chi connectivity index (χ3n) is 6.59. The highest BCUT2D eigenvalue weighted by Crippen LogP contribution is 2.50. The molecule has 2 aliphatic heterocycles. The summed E-state index contributed by atoms with van der Waals surface area (Å²) in [5, 5.41) is 4.29. The number of piperazine rings is 1. The van der Waals surface area contributed by atoms with E-state index in [1.165, 1.54) is 0 Å². The number of ether oxygens (including phenoxy) is 2. The predicted octanol–water partition coefficient (Wildman–Crippen LogP) is 2.84. The Balaban J connectivity index is 1.13. The van der Waals surface area contributed by atoms with Gasteiger partial charge in [0.15, 0.2) is 17.3 Å². The second-order valence-corrected chi connectivity index (χ2v) is 8.62. The maximum Gasteiger partial charge on any atom is 0.235 e. The van der Waals surface area contributed by atoms with E-state index in [4.69, 9.17) is 14.0 Å². The fourth-order valence-electron chi connectivity index (χ4n) is 4.52. The van der Waals surface area contributed by atoms with E-state index in [1.54, 1.807) is 0 Å². The smallest absolute Gasteiger partial charge is 0.235 e. The highest BCUT2D eigenvalue weighted by atomic mass is 16.7. The number of pyridine rings is 1. The second-order valence-electron chi connectivity index (χ2n) is 8.62. The van der Waals surface area contributed by atoms with Crippen LogP contribution in [0.15, 0.2) is 53.2 Å². The number of carbonyl (C=O) groups excluding carboxylic acids is 1. The molecular weight excluding hydrogens is 408 g/mol. The molecule has 32 heavy (non-hydrogen) atoms. The monoisotopic (exact) mass is 432 g/mol. The summed E-state index contributed by atoms with van der Waals surface area (Å²) in [6.45, 7) is 4.18. The lowest BCUT2D eigenvalue weighted by molar-refractivity contribution is -0.136. The molecule has 0 bridgehead atoms. The largest absolute Gasteiger partial charge is 0.454 e. The normalized spacial score (nSPS) is 19.2. The zero-order valence-electron chi connectivity index (χ0n) is 17.7. The molecule has 0 N–H and O–H groups in total. The summed E-state index contributed by atoms with van der Waals surface area (Å²) in [6, 6.07) is 13.5. The Morgan fingerprint density at radius 2 is 1.84 bits per heavy atom. The van der Waals surface area contributed by atoms with Gasteiger partial charge in [0.25, 0.3) is 0 Å². The lowest BCUT2D eigenvalue weighted by atomic mass is 9.99. The molecule has 2 aromatic heterocycles. The van der Waals surface area contributed by atoms with Gasteiger partial charge in [0.1, 0.15) is 0 Å². The van der Waals surface area contributed by atoms with E-state index < -0.39 is 5.41 Å². The summed E-state index contributed by atoms with van der Waals surface area (Å²) in [4.78, 5) is 22.2. The van der Waals surface area contributed by atoms with Crippen LogP contribution in [-0.4, -0.2) is 58.8 Å². The molecule has 3 aliphatic rings. The number of rotatable bonds is 5. The molecule has 1 aromatic carbocycles. The van der Waals surface area contributed by atoms with Gasteiger partial charge in [-0.2, -0.15) is 0 Å². The fraction of sp³-hybridized carbons (Fsp3) is 0.375. The van der Waals surface area contributed by atoms with Crippen LogP contribution in [0, 0.1) is 0 Å². The van der Waals surface area contributed by atoms with Crippen molar-refractivity contribution >= 4 is 5.91 Å². The number of nitrogens with zero attached hydrogens (tertiary/aromatic N) is 4. The van der Waals surface area contributed by atoms with Gasteiger partial charge in [-0.25, -0.2) is 0 Å². The van der Waals surface area contributed by atoms with Gasteiger partial charge < -0.3 is 18.9 Å². The topological polar surface area (TPSA) is 80.9 Å². The van der Waals surface area contributed by atoms with E-state index in [-0.39, 0.29) is 12.7 Å². The van der Waals surface area contributed by atoms with Gasteiger partial charge in [0.2, 0.25) is 12.7 Å². The van der Waals surface area contributed by atoms with Crippen molar-refractivity contribution in [3.05, 3.63) is 60.0 Å². The molecule has 0 atom stereocenters. The molecule has 6 rings (SSSR count). The summed E-state index contributed by atoms with van der Waals surface area (Å²) in [7, 11) is 0. The molecule has 1 aliphatic carbocycles. The first-order valence-electron chi connectivity index (χ1n) is 11.0. The van der Waals surface area contributed by atoms with Gasteiger partial charge in [-0.15, -0.1) is 0 Å². The summed E-state index contributed by atoms with van der Waals surface area (Å²) < 4.78 is 16.5. The molecular formula is C24H24N4O4. The Morgan fingerprint density at radius 3 is 2.62 bits per heavy atom. The van der Waals surface area contributed by atoms with Crippen molar-refractivity contribution < 1.29 is 18.8 Å². The molecule has 8 nitrogen and oxygen atoms in total. The molecule has 1 saturated carbocycles. The van der Waals surface area contributed by atoms with Crippen LogP contribution in [0.2, 0.25) is 0 Å². The summed E-state index contributed by atoms with van der Waals surface area (Å²) >= 11 is 0. The lowest BCUT2D eigenvalue weighted by Gasteiger charge is -2.36. The van der Waals surface area contributed by atoms with E-state index >= 15 is 0 Å². The molecule has 0 radical (unpaired) electrons. The zero-order valence-corrected chi connectivity index (χ0v) is 17.7. The van der Waals surface area contributed by atoms with Gasteiger partial charge in [-0.1, -0.05) is 11.2 Å². The summed E-state index contributed by atoms with van der Waals surface area (Å²) in [5.74, 6) is 2.23. The minimum absolute atomic E-state index is 0.167. The van der Waals surface area contributed by atoms with Crippen molar-refractivity contribution in [1.29, 1.82) is 0 Å². The highest BCUT2D eigenvalue weighted by Gasteiger charge is 2.55. The Hall–Kier alpha value is -3.39. The van der Waals surface area contributed by atoms with E-state index in [0.717, 1.165) is 68.3 Å².